The Morgan fingerprint density at radius 1 is 0.487 bits per heavy atom. The molecule has 1 aliphatic rings. The summed E-state index contributed by atoms with van der Waals surface area (Å²) in [5.41, 5.74) is 12.4. The van der Waals surface area contributed by atoms with Gasteiger partial charge in [0.25, 0.3) is 0 Å². The van der Waals surface area contributed by atoms with E-state index in [0.717, 1.165) is 45.5 Å². The molecule has 6 rings (SSSR count). The summed E-state index contributed by atoms with van der Waals surface area (Å²) < 4.78 is 0. The van der Waals surface area contributed by atoms with Crippen LogP contribution in [0.25, 0.3) is 22.5 Å². The fraction of sp³-hybridized carbons (Fsp3) is 0.200. The molecule has 0 radical (unpaired) electrons. The minimum atomic E-state index is -0.0115. The van der Waals surface area contributed by atoms with Gasteiger partial charge in [0.1, 0.15) is 6.17 Å². The average Bonchev–Trinajstić information content (AvgIpc) is 3.20. The predicted molar refractivity (Wildman–Crippen MR) is 163 cm³/mol. The first-order valence-electron chi connectivity index (χ1n) is 13.6. The van der Waals surface area contributed by atoms with Crippen LogP contribution < -0.4 is 9.80 Å². The molecule has 4 aromatic carbocycles. The molecule has 1 aromatic heterocycles. The van der Waals surface area contributed by atoms with Gasteiger partial charge in [-0.1, -0.05) is 72.8 Å². The fourth-order valence-corrected chi connectivity index (χ4v) is 6.01. The highest BCUT2D eigenvalue weighted by Crippen LogP contribution is 2.49. The lowest BCUT2D eigenvalue weighted by molar-refractivity contribution is 0.752. The molecule has 194 valence electrons. The Labute approximate surface area is 231 Å². The largest absolute Gasteiger partial charge is 0.302 e. The highest BCUT2D eigenvalue weighted by molar-refractivity contribution is 5.91. The van der Waals surface area contributed by atoms with Gasteiger partial charge in [-0.3, -0.25) is 0 Å². The number of hydrogen-bond acceptors (Lipinski definition) is 4. The number of para-hydroxylation sites is 2. The third kappa shape index (κ3) is 4.08. The van der Waals surface area contributed by atoms with Crippen LogP contribution in [0.4, 0.5) is 23.0 Å². The molecule has 4 nitrogen and oxygen atoms in total. The van der Waals surface area contributed by atoms with E-state index in [1.807, 2.05) is 0 Å². The quantitative estimate of drug-likeness (QED) is 0.241. The predicted octanol–water partition coefficient (Wildman–Crippen LogP) is 8.99. The minimum absolute atomic E-state index is 0.0115. The number of hydrogen-bond donors (Lipinski definition) is 0. The Balaban J connectivity index is 1.73. The van der Waals surface area contributed by atoms with E-state index >= 15 is 0 Å². The lowest BCUT2D eigenvalue weighted by atomic mass is 9.92. The van der Waals surface area contributed by atoms with Crippen LogP contribution >= 0.6 is 0 Å². The number of nitrogens with zero attached hydrogens (tertiary/aromatic N) is 4. The Hall–Kier alpha value is -4.44. The Morgan fingerprint density at radius 3 is 1.44 bits per heavy atom. The van der Waals surface area contributed by atoms with Crippen molar-refractivity contribution in [3.63, 3.8) is 0 Å². The standard InChI is InChI=1S/C35H34N4/c1-22-14-10-11-21-29(22)39-27(6)38(28-19-8-7-9-20-28)34-35(39)37-33(31-25(4)17-13-18-26(31)5)32(36-34)30-23(2)15-12-16-24(30)3/h7-21,27H,1-6H3. The van der Waals surface area contributed by atoms with E-state index in [9.17, 15) is 0 Å². The number of anilines is 4. The average molecular weight is 511 g/mol. The van der Waals surface area contributed by atoms with E-state index < -0.39 is 0 Å². The maximum absolute atomic E-state index is 5.55. The lowest BCUT2D eigenvalue weighted by Crippen LogP contribution is -2.35. The van der Waals surface area contributed by atoms with Crippen LogP contribution in [0.1, 0.15) is 34.7 Å². The van der Waals surface area contributed by atoms with Crippen molar-refractivity contribution in [1.82, 2.24) is 9.97 Å². The van der Waals surface area contributed by atoms with Gasteiger partial charge in [0, 0.05) is 22.5 Å². The highest BCUT2D eigenvalue weighted by Gasteiger charge is 2.39. The molecular formula is C35H34N4. The van der Waals surface area contributed by atoms with Crippen molar-refractivity contribution >= 4 is 23.0 Å². The van der Waals surface area contributed by atoms with Gasteiger partial charge in [-0.15, -0.1) is 0 Å². The van der Waals surface area contributed by atoms with E-state index in [2.05, 4.69) is 142 Å². The highest BCUT2D eigenvalue weighted by atomic mass is 15.5. The van der Waals surface area contributed by atoms with E-state index in [1.165, 1.54) is 27.8 Å². The first kappa shape index (κ1) is 24.9. The molecule has 1 aliphatic heterocycles. The zero-order valence-electron chi connectivity index (χ0n) is 23.5. The van der Waals surface area contributed by atoms with Crippen LogP contribution in [0, 0.1) is 34.6 Å². The first-order chi connectivity index (χ1) is 18.9. The van der Waals surface area contributed by atoms with E-state index in [-0.39, 0.29) is 6.17 Å². The maximum Gasteiger partial charge on any atom is 0.179 e. The van der Waals surface area contributed by atoms with Crippen molar-refractivity contribution in [2.24, 2.45) is 0 Å². The number of benzene rings is 4. The number of aromatic nitrogens is 2. The fourth-order valence-electron chi connectivity index (χ4n) is 6.01. The van der Waals surface area contributed by atoms with Gasteiger partial charge in [0.05, 0.1) is 11.4 Å². The van der Waals surface area contributed by atoms with Crippen LogP contribution in [0.5, 0.6) is 0 Å². The zero-order chi connectivity index (χ0) is 27.3. The number of fused-ring (bicyclic) bond motifs is 1. The SMILES string of the molecule is Cc1ccccc1N1c2nc(-c3c(C)cccc3C)c(-c3c(C)cccc3C)nc2N(c2ccccc2)C1C. The van der Waals surface area contributed by atoms with Crippen LogP contribution in [0.15, 0.2) is 91.0 Å². The molecule has 0 N–H and O–H groups in total. The molecule has 1 atom stereocenters. The molecule has 0 saturated heterocycles. The van der Waals surface area contributed by atoms with Crippen LogP contribution in [0.3, 0.4) is 0 Å². The summed E-state index contributed by atoms with van der Waals surface area (Å²) in [6.45, 7) is 13.1. The third-order valence-corrected chi connectivity index (χ3v) is 7.91. The Kier molecular flexibility index (Phi) is 6.19. The van der Waals surface area contributed by atoms with Crippen molar-refractivity contribution in [2.45, 2.75) is 47.7 Å². The summed E-state index contributed by atoms with van der Waals surface area (Å²) in [6, 6.07) is 32.0. The van der Waals surface area contributed by atoms with Crippen molar-refractivity contribution in [3.8, 4) is 22.5 Å². The lowest BCUT2D eigenvalue weighted by Gasteiger charge is -2.30. The topological polar surface area (TPSA) is 32.3 Å². The first-order valence-corrected chi connectivity index (χ1v) is 13.6. The van der Waals surface area contributed by atoms with E-state index in [4.69, 9.17) is 9.97 Å². The van der Waals surface area contributed by atoms with Gasteiger partial charge >= 0.3 is 0 Å². The summed E-state index contributed by atoms with van der Waals surface area (Å²) in [6.07, 6.45) is -0.0115. The summed E-state index contributed by atoms with van der Waals surface area (Å²) in [4.78, 5) is 15.8. The molecule has 0 saturated carbocycles. The van der Waals surface area contributed by atoms with E-state index in [1.54, 1.807) is 0 Å². The summed E-state index contributed by atoms with van der Waals surface area (Å²) in [7, 11) is 0. The van der Waals surface area contributed by atoms with Crippen molar-refractivity contribution in [1.29, 1.82) is 0 Å². The van der Waals surface area contributed by atoms with E-state index in [0.29, 0.717) is 0 Å². The van der Waals surface area contributed by atoms with Gasteiger partial charge in [0.2, 0.25) is 0 Å². The van der Waals surface area contributed by atoms with Crippen molar-refractivity contribution in [3.05, 3.63) is 119 Å². The molecule has 0 bridgehead atoms. The molecular weight excluding hydrogens is 476 g/mol. The van der Waals surface area contributed by atoms with Crippen molar-refractivity contribution in [2.75, 3.05) is 9.80 Å². The molecule has 1 unspecified atom stereocenters. The summed E-state index contributed by atoms with van der Waals surface area (Å²) >= 11 is 0. The molecule has 39 heavy (non-hydrogen) atoms. The maximum atomic E-state index is 5.55. The second kappa shape index (κ2) is 9.70. The van der Waals surface area contributed by atoms with Gasteiger partial charge < -0.3 is 9.80 Å². The summed E-state index contributed by atoms with van der Waals surface area (Å²) in [5.74, 6) is 1.76. The molecule has 0 aliphatic carbocycles. The van der Waals surface area contributed by atoms with Crippen LogP contribution in [-0.2, 0) is 0 Å². The zero-order valence-corrected chi connectivity index (χ0v) is 23.5. The minimum Gasteiger partial charge on any atom is -0.302 e. The van der Waals surface area contributed by atoms with Gasteiger partial charge in [-0.25, -0.2) is 9.97 Å². The van der Waals surface area contributed by atoms with Crippen molar-refractivity contribution < 1.29 is 0 Å². The molecule has 0 spiro atoms. The monoisotopic (exact) mass is 510 g/mol. The normalized spacial score (nSPS) is 14.6. The molecule has 2 heterocycles. The van der Waals surface area contributed by atoms with Crippen LogP contribution in [-0.4, -0.2) is 16.1 Å². The second-order valence-electron chi connectivity index (χ2n) is 10.6. The molecule has 0 amide bonds. The Morgan fingerprint density at radius 2 is 0.923 bits per heavy atom. The van der Waals surface area contributed by atoms with Crippen LogP contribution in [0.2, 0.25) is 0 Å². The number of rotatable bonds is 4. The smallest absolute Gasteiger partial charge is 0.179 e. The van der Waals surface area contributed by atoms with Gasteiger partial charge in [-0.2, -0.15) is 0 Å². The summed E-state index contributed by atoms with van der Waals surface area (Å²) in [5, 5.41) is 0. The third-order valence-electron chi connectivity index (χ3n) is 7.91. The number of aryl methyl sites for hydroxylation is 5. The Bertz CT molecular complexity index is 1650. The van der Waals surface area contributed by atoms with Gasteiger partial charge in [-0.05, 0) is 87.6 Å². The second-order valence-corrected chi connectivity index (χ2v) is 10.6. The molecule has 4 heteroatoms. The molecule has 0 fully saturated rings. The van der Waals surface area contributed by atoms with Gasteiger partial charge in [0.15, 0.2) is 11.6 Å². The molecule has 5 aromatic rings.